The zero-order valence-electron chi connectivity index (χ0n) is 12.1. The molecule has 1 aromatic carbocycles. The van der Waals surface area contributed by atoms with Gasteiger partial charge in [-0.05, 0) is 32.0 Å². The van der Waals surface area contributed by atoms with Crippen LogP contribution in [0.25, 0.3) is 0 Å². The first-order valence-electron chi connectivity index (χ1n) is 6.93. The van der Waals surface area contributed by atoms with Crippen molar-refractivity contribution in [2.75, 3.05) is 20.1 Å². The maximum atomic E-state index is 12.3. The summed E-state index contributed by atoms with van der Waals surface area (Å²) in [6.07, 6.45) is 1.88. The fourth-order valence-corrected chi connectivity index (χ4v) is 4.29. The maximum absolute atomic E-state index is 12.3. The quantitative estimate of drug-likeness (QED) is 0.784. The summed E-state index contributed by atoms with van der Waals surface area (Å²) in [5.41, 5.74) is 6.91. The number of nitrogens with two attached hydrogens (primary N) is 1. The number of piperidine rings is 1. The second-order valence-electron chi connectivity index (χ2n) is 5.50. The molecule has 0 bridgehead atoms. The molecule has 3 N–H and O–H groups in total. The number of sulfonamides is 1. The predicted octanol–water partition coefficient (Wildman–Crippen LogP) is 0.834. The molecule has 0 aliphatic carbocycles. The van der Waals surface area contributed by atoms with Crippen LogP contribution in [0.15, 0.2) is 24.3 Å². The molecule has 0 aromatic heterocycles. The first kappa shape index (κ1) is 16.4. The monoisotopic (exact) mass is 327 g/mol. The highest BCUT2D eigenvalue weighted by Crippen LogP contribution is 2.14. The Morgan fingerprint density at radius 2 is 2.19 bits per heavy atom. The summed E-state index contributed by atoms with van der Waals surface area (Å²) in [7, 11) is -1.40. The molecule has 1 atom stereocenters. The Kier molecular flexibility index (Phi) is 5.32. The lowest BCUT2D eigenvalue weighted by Crippen LogP contribution is -2.46. The maximum Gasteiger partial charge on any atom is 0.216 e. The van der Waals surface area contributed by atoms with Crippen molar-refractivity contribution in [3.63, 3.8) is 0 Å². The van der Waals surface area contributed by atoms with Crippen molar-refractivity contribution in [2.45, 2.75) is 24.6 Å². The van der Waals surface area contributed by atoms with Crippen LogP contribution >= 0.6 is 12.2 Å². The zero-order chi connectivity index (χ0) is 15.5. The van der Waals surface area contributed by atoms with Gasteiger partial charge in [-0.1, -0.05) is 36.5 Å². The molecule has 116 valence electrons. The van der Waals surface area contributed by atoms with E-state index >= 15 is 0 Å². The van der Waals surface area contributed by atoms with Crippen molar-refractivity contribution >= 4 is 27.2 Å². The van der Waals surface area contributed by atoms with E-state index in [2.05, 4.69) is 9.62 Å². The molecule has 7 heteroatoms. The van der Waals surface area contributed by atoms with Crippen molar-refractivity contribution in [3.05, 3.63) is 35.4 Å². The summed E-state index contributed by atoms with van der Waals surface area (Å²) >= 11 is 4.97. The molecule has 0 radical (unpaired) electrons. The lowest BCUT2D eigenvalue weighted by atomic mass is 10.1. The average Bonchev–Trinajstić information content (AvgIpc) is 2.37. The summed E-state index contributed by atoms with van der Waals surface area (Å²) < 4.78 is 27.5. The third-order valence-electron chi connectivity index (χ3n) is 3.60. The Hall–Kier alpha value is -1.02. The first-order chi connectivity index (χ1) is 9.87. The van der Waals surface area contributed by atoms with E-state index in [9.17, 15) is 8.42 Å². The van der Waals surface area contributed by atoms with Crippen molar-refractivity contribution in [1.82, 2.24) is 9.62 Å². The SMILES string of the molecule is CN1CCCC(NS(=O)(=O)Cc2ccccc2C(N)=S)C1. The lowest BCUT2D eigenvalue weighted by Gasteiger charge is -2.30. The predicted molar refractivity (Wildman–Crippen MR) is 88.6 cm³/mol. The molecule has 1 saturated heterocycles. The fourth-order valence-electron chi connectivity index (χ4n) is 2.65. The van der Waals surface area contributed by atoms with E-state index in [0.717, 1.165) is 25.9 Å². The smallest absolute Gasteiger partial charge is 0.216 e. The number of benzene rings is 1. The number of hydrogen-bond donors (Lipinski definition) is 2. The first-order valence-corrected chi connectivity index (χ1v) is 9.00. The fraction of sp³-hybridized carbons (Fsp3) is 0.500. The summed E-state index contributed by atoms with van der Waals surface area (Å²) in [5.74, 6) is -0.0965. The molecule has 2 rings (SSSR count). The second-order valence-corrected chi connectivity index (χ2v) is 7.69. The van der Waals surface area contributed by atoms with E-state index in [4.69, 9.17) is 18.0 Å². The van der Waals surface area contributed by atoms with Gasteiger partial charge in [0.1, 0.15) is 4.99 Å². The van der Waals surface area contributed by atoms with Crippen LogP contribution in [0, 0.1) is 0 Å². The van der Waals surface area contributed by atoms with Gasteiger partial charge in [0.25, 0.3) is 0 Å². The number of thiocarbonyl (C=S) groups is 1. The molecular weight excluding hydrogens is 306 g/mol. The second kappa shape index (κ2) is 6.83. The van der Waals surface area contributed by atoms with Crippen LogP contribution < -0.4 is 10.5 Å². The number of likely N-dealkylation sites (N-methyl/N-ethyl adjacent to an activating group) is 1. The van der Waals surface area contributed by atoms with Gasteiger partial charge in [-0.25, -0.2) is 13.1 Å². The third-order valence-corrected chi connectivity index (χ3v) is 5.20. The Bertz CT molecular complexity index is 616. The van der Waals surface area contributed by atoms with Crippen molar-refractivity contribution in [1.29, 1.82) is 0 Å². The van der Waals surface area contributed by atoms with Crippen LogP contribution in [-0.4, -0.2) is 44.5 Å². The highest BCUT2D eigenvalue weighted by Gasteiger charge is 2.23. The van der Waals surface area contributed by atoms with E-state index in [1.807, 2.05) is 7.05 Å². The van der Waals surface area contributed by atoms with E-state index in [1.165, 1.54) is 0 Å². The molecule has 1 fully saturated rings. The van der Waals surface area contributed by atoms with Crippen LogP contribution in [0.4, 0.5) is 0 Å². The standard InChI is InChI=1S/C14H21N3O2S2/c1-17-8-4-6-12(9-17)16-21(18,19)10-11-5-2-3-7-13(11)14(15)20/h2-3,5,7,12,16H,4,6,8-10H2,1H3,(H2,15,20). The van der Waals surface area contributed by atoms with E-state index in [-0.39, 0.29) is 16.8 Å². The van der Waals surface area contributed by atoms with Gasteiger partial charge in [-0.3, -0.25) is 0 Å². The third kappa shape index (κ3) is 4.74. The molecule has 1 heterocycles. The molecule has 1 aromatic rings. The van der Waals surface area contributed by atoms with Crippen LogP contribution in [0.2, 0.25) is 0 Å². The summed E-state index contributed by atoms with van der Waals surface area (Å²) in [5, 5.41) is 0. The molecule has 1 unspecified atom stereocenters. The molecule has 0 amide bonds. The number of hydrogen-bond acceptors (Lipinski definition) is 4. The number of rotatable bonds is 5. The van der Waals surface area contributed by atoms with Gasteiger partial charge in [0.05, 0.1) is 5.75 Å². The molecule has 0 spiro atoms. The van der Waals surface area contributed by atoms with Gasteiger partial charge in [-0.15, -0.1) is 0 Å². The highest BCUT2D eigenvalue weighted by atomic mass is 32.2. The average molecular weight is 327 g/mol. The number of nitrogens with zero attached hydrogens (tertiary/aromatic N) is 1. The van der Waals surface area contributed by atoms with Crippen LogP contribution in [0.5, 0.6) is 0 Å². The largest absolute Gasteiger partial charge is 0.389 e. The Labute approximate surface area is 131 Å². The van der Waals surface area contributed by atoms with Gasteiger partial charge in [0.15, 0.2) is 0 Å². The molecule has 1 aliphatic heterocycles. The van der Waals surface area contributed by atoms with Crippen LogP contribution in [-0.2, 0) is 15.8 Å². The minimum atomic E-state index is -3.41. The molecule has 1 aliphatic rings. The van der Waals surface area contributed by atoms with Gasteiger partial charge >= 0.3 is 0 Å². The summed E-state index contributed by atoms with van der Waals surface area (Å²) in [6, 6.07) is 7.07. The highest BCUT2D eigenvalue weighted by molar-refractivity contribution is 7.88. The minimum absolute atomic E-state index is 0.0225. The number of likely N-dealkylation sites (tertiary alicyclic amines) is 1. The van der Waals surface area contributed by atoms with Crippen LogP contribution in [0.3, 0.4) is 0 Å². The normalized spacial score (nSPS) is 20.3. The summed E-state index contributed by atoms with van der Waals surface area (Å²) in [4.78, 5) is 2.36. The van der Waals surface area contributed by atoms with Crippen molar-refractivity contribution < 1.29 is 8.42 Å². The Morgan fingerprint density at radius 3 is 2.86 bits per heavy atom. The molecule has 5 nitrogen and oxygen atoms in total. The Morgan fingerprint density at radius 1 is 1.48 bits per heavy atom. The number of nitrogens with one attached hydrogen (secondary N) is 1. The van der Waals surface area contributed by atoms with Crippen LogP contribution in [0.1, 0.15) is 24.0 Å². The van der Waals surface area contributed by atoms with E-state index < -0.39 is 10.0 Å². The van der Waals surface area contributed by atoms with Gasteiger partial charge < -0.3 is 10.6 Å². The molecule has 21 heavy (non-hydrogen) atoms. The van der Waals surface area contributed by atoms with Gasteiger partial charge in [0.2, 0.25) is 10.0 Å². The summed E-state index contributed by atoms with van der Waals surface area (Å²) in [6.45, 7) is 1.76. The lowest BCUT2D eigenvalue weighted by molar-refractivity contribution is 0.242. The van der Waals surface area contributed by atoms with E-state index in [1.54, 1.807) is 24.3 Å². The minimum Gasteiger partial charge on any atom is -0.389 e. The van der Waals surface area contributed by atoms with Crippen molar-refractivity contribution in [3.8, 4) is 0 Å². The molecular formula is C14H21N3O2S2. The molecule has 0 saturated carbocycles. The van der Waals surface area contributed by atoms with Crippen molar-refractivity contribution in [2.24, 2.45) is 5.73 Å². The van der Waals surface area contributed by atoms with E-state index in [0.29, 0.717) is 11.1 Å². The van der Waals surface area contributed by atoms with Gasteiger partial charge in [-0.2, -0.15) is 0 Å². The van der Waals surface area contributed by atoms with Gasteiger partial charge in [0, 0.05) is 18.2 Å². The zero-order valence-corrected chi connectivity index (χ0v) is 13.7. The Balaban J connectivity index is 2.09. The topological polar surface area (TPSA) is 75.4 Å².